The van der Waals surface area contributed by atoms with Crippen molar-refractivity contribution in [1.82, 2.24) is 14.5 Å². The lowest BCUT2D eigenvalue weighted by Crippen LogP contribution is -1.97. The standard InChI is InChI=1S/C11H15N3/c1-3-4-5-11-13-9-8-12-7-6-10(9)14(11)2/h6-8H,3-5H2,1-2H3. The fourth-order valence-electron chi connectivity index (χ4n) is 1.66. The maximum atomic E-state index is 4.55. The summed E-state index contributed by atoms with van der Waals surface area (Å²) in [5.74, 6) is 1.16. The average Bonchev–Trinajstić information content (AvgIpc) is 2.54. The largest absolute Gasteiger partial charge is 0.331 e. The number of nitrogens with zero attached hydrogens (tertiary/aromatic N) is 3. The fraction of sp³-hybridized carbons (Fsp3) is 0.455. The monoisotopic (exact) mass is 189 g/mol. The van der Waals surface area contributed by atoms with E-state index in [2.05, 4.69) is 28.5 Å². The molecule has 0 bridgehead atoms. The molecule has 0 unspecified atom stereocenters. The van der Waals surface area contributed by atoms with Crippen LogP contribution in [0, 0.1) is 0 Å². The molecule has 0 fully saturated rings. The predicted molar refractivity (Wildman–Crippen MR) is 57.1 cm³/mol. The van der Waals surface area contributed by atoms with E-state index in [1.54, 1.807) is 0 Å². The molecule has 3 heteroatoms. The number of unbranched alkanes of at least 4 members (excludes halogenated alkanes) is 1. The minimum atomic E-state index is 1.00. The first kappa shape index (κ1) is 9.19. The van der Waals surface area contributed by atoms with Crippen LogP contribution in [0.4, 0.5) is 0 Å². The molecule has 2 aromatic rings. The van der Waals surface area contributed by atoms with Crippen LogP contribution in [0.3, 0.4) is 0 Å². The summed E-state index contributed by atoms with van der Waals surface area (Å²) in [7, 11) is 2.07. The lowest BCUT2D eigenvalue weighted by Gasteiger charge is -1.99. The molecule has 0 spiro atoms. The molecule has 0 aliphatic rings. The van der Waals surface area contributed by atoms with Crippen molar-refractivity contribution in [2.24, 2.45) is 7.05 Å². The molecule has 3 nitrogen and oxygen atoms in total. The molecule has 0 aliphatic carbocycles. The minimum absolute atomic E-state index is 1.00. The third-order valence-corrected chi connectivity index (χ3v) is 2.53. The lowest BCUT2D eigenvalue weighted by molar-refractivity contribution is 0.720. The van der Waals surface area contributed by atoms with Gasteiger partial charge in [0.05, 0.1) is 11.7 Å². The Morgan fingerprint density at radius 2 is 2.29 bits per heavy atom. The van der Waals surface area contributed by atoms with Crippen molar-refractivity contribution in [3.05, 3.63) is 24.3 Å². The number of aryl methyl sites for hydroxylation is 2. The van der Waals surface area contributed by atoms with Crippen molar-refractivity contribution in [3.8, 4) is 0 Å². The van der Waals surface area contributed by atoms with Crippen molar-refractivity contribution < 1.29 is 0 Å². The number of hydrogen-bond donors (Lipinski definition) is 0. The Bertz CT molecular complexity index is 431. The zero-order valence-corrected chi connectivity index (χ0v) is 8.70. The molecule has 0 N–H and O–H groups in total. The third kappa shape index (κ3) is 1.50. The zero-order chi connectivity index (χ0) is 9.97. The van der Waals surface area contributed by atoms with Gasteiger partial charge < -0.3 is 4.57 Å². The Kier molecular flexibility index (Phi) is 2.48. The Morgan fingerprint density at radius 3 is 3.00 bits per heavy atom. The molecular weight excluding hydrogens is 174 g/mol. The molecule has 74 valence electrons. The molecular formula is C11H15N3. The predicted octanol–water partition coefficient (Wildman–Crippen LogP) is 2.31. The topological polar surface area (TPSA) is 30.7 Å². The number of aromatic nitrogens is 3. The van der Waals surface area contributed by atoms with E-state index in [9.17, 15) is 0 Å². The second kappa shape index (κ2) is 3.78. The Balaban J connectivity index is 2.41. The van der Waals surface area contributed by atoms with Gasteiger partial charge in [-0.05, 0) is 12.5 Å². The highest BCUT2D eigenvalue weighted by Crippen LogP contribution is 2.14. The van der Waals surface area contributed by atoms with Gasteiger partial charge in [0.25, 0.3) is 0 Å². The number of fused-ring (bicyclic) bond motifs is 1. The highest BCUT2D eigenvalue weighted by atomic mass is 15.1. The van der Waals surface area contributed by atoms with Crippen molar-refractivity contribution >= 4 is 11.0 Å². The van der Waals surface area contributed by atoms with E-state index in [0.717, 1.165) is 17.8 Å². The maximum absolute atomic E-state index is 4.55. The van der Waals surface area contributed by atoms with Gasteiger partial charge in [-0.3, -0.25) is 4.98 Å². The molecule has 2 heterocycles. The van der Waals surface area contributed by atoms with E-state index in [1.165, 1.54) is 18.4 Å². The smallest absolute Gasteiger partial charge is 0.109 e. The SMILES string of the molecule is CCCCc1nc2cnccc2n1C. The Labute approximate surface area is 83.8 Å². The van der Waals surface area contributed by atoms with Crippen LogP contribution in [0.5, 0.6) is 0 Å². The summed E-state index contributed by atoms with van der Waals surface area (Å²) in [6.07, 6.45) is 7.10. The van der Waals surface area contributed by atoms with Crippen LogP contribution in [0.1, 0.15) is 25.6 Å². The molecule has 0 radical (unpaired) electrons. The van der Waals surface area contributed by atoms with Crippen LogP contribution in [0.15, 0.2) is 18.5 Å². The van der Waals surface area contributed by atoms with Gasteiger partial charge in [-0.15, -0.1) is 0 Å². The first-order chi connectivity index (χ1) is 6.83. The van der Waals surface area contributed by atoms with Crippen molar-refractivity contribution in [3.63, 3.8) is 0 Å². The highest BCUT2D eigenvalue weighted by molar-refractivity contribution is 5.74. The summed E-state index contributed by atoms with van der Waals surface area (Å²) in [5, 5.41) is 0. The summed E-state index contributed by atoms with van der Waals surface area (Å²) in [4.78, 5) is 8.62. The molecule has 2 aromatic heterocycles. The van der Waals surface area contributed by atoms with Crippen LogP contribution in [0.2, 0.25) is 0 Å². The molecule has 14 heavy (non-hydrogen) atoms. The van der Waals surface area contributed by atoms with Gasteiger partial charge in [0, 0.05) is 19.7 Å². The Hall–Kier alpha value is -1.38. The molecule has 0 aliphatic heterocycles. The molecule has 0 atom stereocenters. The van der Waals surface area contributed by atoms with E-state index in [0.29, 0.717) is 0 Å². The van der Waals surface area contributed by atoms with Gasteiger partial charge in [-0.1, -0.05) is 13.3 Å². The maximum Gasteiger partial charge on any atom is 0.109 e. The van der Waals surface area contributed by atoms with Crippen molar-refractivity contribution in [2.45, 2.75) is 26.2 Å². The van der Waals surface area contributed by atoms with Crippen LogP contribution >= 0.6 is 0 Å². The van der Waals surface area contributed by atoms with E-state index in [4.69, 9.17) is 0 Å². The molecule has 0 saturated carbocycles. The summed E-state index contributed by atoms with van der Waals surface area (Å²) in [6, 6.07) is 2.01. The summed E-state index contributed by atoms with van der Waals surface area (Å²) in [6.45, 7) is 2.20. The van der Waals surface area contributed by atoms with Gasteiger partial charge in [-0.2, -0.15) is 0 Å². The van der Waals surface area contributed by atoms with Crippen LogP contribution < -0.4 is 0 Å². The van der Waals surface area contributed by atoms with E-state index in [-0.39, 0.29) is 0 Å². The van der Waals surface area contributed by atoms with Crippen molar-refractivity contribution in [1.29, 1.82) is 0 Å². The van der Waals surface area contributed by atoms with Gasteiger partial charge in [0.1, 0.15) is 11.3 Å². The second-order valence-corrected chi connectivity index (χ2v) is 3.55. The summed E-state index contributed by atoms with van der Waals surface area (Å²) in [5.41, 5.74) is 2.17. The molecule has 2 rings (SSSR count). The molecule has 0 amide bonds. The van der Waals surface area contributed by atoms with E-state index in [1.807, 2.05) is 18.5 Å². The summed E-state index contributed by atoms with van der Waals surface area (Å²) >= 11 is 0. The highest BCUT2D eigenvalue weighted by Gasteiger charge is 2.05. The summed E-state index contributed by atoms with van der Waals surface area (Å²) < 4.78 is 2.16. The van der Waals surface area contributed by atoms with Gasteiger partial charge in [0.15, 0.2) is 0 Å². The normalized spacial score (nSPS) is 11.0. The van der Waals surface area contributed by atoms with E-state index >= 15 is 0 Å². The first-order valence-corrected chi connectivity index (χ1v) is 5.08. The number of rotatable bonds is 3. The quantitative estimate of drug-likeness (QED) is 0.741. The van der Waals surface area contributed by atoms with Crippen LogP contribution in [-0.2, 0) is 13.5 Å². The lowest BCUT2D eigenvalue weighted by atomic mass is 10.2. The Morgan fingerprint density at radius 1 is 1.43 bits per heavy atom. The van der Waals surface area contributed by atoms with Crippen molar-refractivity contribution in [2.75, 3.05) is 0 Å². The minimum Gasteiger partial charge on any atom is -0.331 e. The number of imidazole rings is 1. The molecule has 0 aromatic carbocycles. The van der Waals surface area contributed by atoms with Crippen LogP contribution in [0.25, 0.3) is 11.0 Å². The average molecular weight is 189 g/mol. The number of hydrogen-bond acceptors (Lipinski definition) is 2. The van der Waals surface area contributed by atoms with Gasteiger partial charge in [-0.25, -0.2) is 4.98 Å². The first-order valence-electron chi connectivity index (χ1n) is 5.08. The van der Waals surface area contributed by atoms with Gasteiger partial charge >= 0.3 is 0 Å². The fourth-order valence-corrected chi connectivity index (χ4v) is 1.66. The third-order valence-electron chi connectivity index (χ3n) is 2.53. The van der Waals surface area contributed by atoms with E-state index < -0.39 is 0 Å². The second-order valence-electron chi connectivity index (χ2n) is 3.55. The molecule has 0 saturated heterocycles. The van der Waals surface area contributed by atoms with Crippen LogP contribution in [-0.4, -0.2) is 14.5 Å². The zero-order valence-electron chi connectivity index (χ0n) is 8.70. The number of pyridine rings is 1. The van der Waals surface area contributed by atoms with Gasteiger partial charge in [0.2, 0.25) is 0 Å².